The summed E-state index contributed by atoms with van der Waals surface area (Å²) in [6.45, 7) is 1.97. The van der Waals surface area contributed by atoms with E-state index in [1.165, 1.54) is 0 Å². The molecule has 2 rings (SSSR count). The van der Waals surface area contributed by atoms with Gasteiger partial charge in [0.05, 0.1) is 27.4 Å². The molecule has 0 amide bonds. The van der Waals surface area contributed by atoms with Crippen LogP contribution in [-0.2, 0) is 0 Å². The van der Waals surface area contributed by atoms with E-state index in [1.54, 1.807) is 27.4 Å². The van der Waals surface area contributed by atoms with Crippen LogP contribution >= 0.6 is 0 Å². The highest BCUT2D eigenvalue weighted by Crippen LogP contribution is 2.26. The number of nitrogens with zero attached hydrogens (tertiary/aromatic N) is 2. The van der Waals surface area contributed by atoms with Crippen molar-refractivity contribution in [1.82, 2.24) is 9.97 Å². The monoisotopic (exact) mass is 260 g/mol. The third-order valence-electron chi connectivity index (χ3n) is 2.75. The summed E-state index contributed by atoms with van der Waals surface area (Å²) >= 11 is 0. The number of benzene rings is 1. The molecule has 0 atom stereocenters. The maximum Gasteiger partial charge on any atom is 0.220 e. The molecule has 0 aliphatic carbocycles. The highest BCUT2D eigenvalue weighted by atomic mass is 16.5. The average molecular weight is 260 g/mol. The van der Waals surface area contributed by atoms with Gasteiger partial charge in [-0.1, -0.05) is 0 Å². The van der Waals surface area contributed by atoms with Gasteiger partial charge in [0.25, 0.3) is 0 Å². The van der Waals surface area contributed by atoms with Gasteiger partial charge >= 0.3 is 0 Å². The van der Waals surface area contributed by atoms with Crippen molar-refractivity contribution in [3.63, 3.8) is 0 Å². The van der Waals surface area contributed by atoms with E-state index in [9.17, 15) is 0 Å². The Balaban J connectivity index is 2.48. The van der Waals surface area contributed by atoms with Crippen LogP contribution in [0.3, 0.4) is 0 Å². The molecule has 0 N–H and O–H groups in total. The van der Waals surface area contributed by atoms with Crippen LogP contribution < -0.4 is 14.2 Å². The largest absolute Gasteiger partial charge is 0.496 e. The van der Waals surface area contributed by atoms with Crippen LogP contribution in [0.2, 0.25) is 0 Å². The van der Waals surface area contributed by atoms with Crippen LogP contribution in [0, 0.1) is 6.92 Å². The fourth-order valence-corrected chi connectivity index (χ4v) is 1.76. The third-order valence-corrected chi connectivity index (χ3v) is 2.75. The fourth-order valence-electron chi connectivity index (χ4n) is 1.76. The van der Waals surface area contributed by atoms with E-state index in [0.29, 0.717) is 17.6 Å². The number of hydrogen-bond donors (Lipinski definition) is 0. The van der Waals surface area contributed by atoms with Gasteiger partial charge in [0.2, 0.25) is 11.8 Å². The molecule has 19 heavy (non-hydrogen) atoms. The lowest BCUT2D eigenvalue weighted by Crippen LogP contribution is -1.97. The summed E-state index contributed by atoms with van der Waals surface area (Å²) in [5.74, 6) is 2.33. The summed E-state index contributed by atoms with van der Waals surface area (Å²) in [6.07, 6.45) is 0. The van der Waals surface area contributed by atoms with Gasteiger partial charge in [0, 0.05) is 5.56 Å². The fraction of sp³-hybridized carbons (Fsp3) is 0.286. The van der Waals surface area contributed by atoms with Crippen LogP contribution in [0.15, 0.2) is 24.3 Å². The number of hydrogen-bond acceptors (Lipinski definition) is 5. The topological polar surface area (TPSA) is 53.5 Å². The van der Waals surface area contributed by atoms with E-state index in [4.69, 9.17) is 14.2 Å². The first-order valence-electron chi connectivity index (χ1n) is 5.80. The smallest absolute Gasteiger partial charge is 0.220 e. The molecule has 0 saturated heterocycles. The van der Waals surface area contributed by atoms with E-state index in [1.807, 2.05) is 25.1 Å². The predicted molar refractivity (Wildman–Crippen MR) is 71.9 cm³/mol. The van der Waals surface area contributed by atoms with Crippen molar-refractivity contribution >= 4 is 0 Å². The lowest BCUT2D eigenvalue weighted by Gasteiger charge is -2.09. The van der Waals surface area contributed by atoms with Crippen molar-refractivity contribution in [3.05, 3.63) is 29.8 Å². The van der Waals surface area contributed by atoms with E-state index >= 15 is 0 Å². The second-order valence-corrected chi connectivity index (χ2v) is 3.96. The molecule has 0 aliphatic heterocycles. The normalized spacial score (nSPS) is 10.1. The van der Waals surface area contributed by atoms with Gasteiger partial charge in [0.1, 0.15) is 5.75 Å². The molecule has 5 heteroatoms. The number of aryl methyl sites for hydroxylation is 1. The SMILES string of the molecule is COc1cc(OC)nc(-c2ccc(OC)c(C)c2)n1. The molecule has 0 spiro atoms. The molecule has 0 fully saturated rings. The van der Waals surface area contributed by atoms with Gasteiger partial charge in [-0.25, -0.2) is 0 Å². The second kappa shape index (κ2) is 5.56. The molecule has 1 aromatic heterocycles. The minimum absolute atomic E-state index is 0.468. The second-order valence-electron chi connectivity index (χ2n) is 3.96. The minimum Gasteiger partial charge on any atom is -0.496 e. The molecule has 1 heterocycles. The lowest BCUT2D eigenvalue weighted by molar-refractivity contribution is 0.372. The zero-order chi connectivity index (χ0) is 13.8. The Hall–Kier alpha value is -2.30. The zero-order valence-electron chi connectivity index (χ0n) is 11.4. The van der Waals surface area contributed by atoms with Crippen LogP contribution in [0.4, 0.5) is 0 Å². The van der Waals surface area contributed by atoms with Gasteiger partial charge in [-0.2, -0.15) is 9.97 Å². The zero-order valence-corrected chi connectivity index (χ0v) is 11.4. The Kier molecular flexibility index (Phi) is 3.85. The standard InChI is InChI=1S/C14H16N2O3/c1-9-7-10(5-6-11(9)17-2)14-15-12(18-3)8-13(16-14)19-4/h5-8H,1-4H3. The third kappa shape index (κ3) is 2.76. The molecule has 2 aromatic rings. The molecule has 5 nitrogen and oxygen atoms in total. The average Bonchev–Trinajstić information content (AvgIpc) is 2.46. The van der Waals surface area contributed by atoms with Gasteiger partial charge in [-0.3, -0.25) is 0 Å². The molecular weight excluding hydrogens is 244 g/mol. The van der Waals surface area contributed by atoms with Crippen molar-refractivity contribution < 1.29 is 14.2 Å². The van der Waals surface area contributed by atoms with Crippen molar-refractivity contribution in [2.24, 2.45) is 0 Å². The van der Waals surface area contributed by atoms with Crippen molar-refractivity contribution in [3.8, 4) is 28.9 Å². The van der Waals surface area contributed by atoms with E-state index in [-0.39, 0.29) is 0 Å². The first-order valence-corrected chi connectivity index (χ1v) is 5.80. The maximum absolute atomic E-state index is 5.24. The van der Waals surface area contributed by atoms with Gasteiger partial charge in [-0.05, 0) is 30.7 Å². The molecule has 0 bridgehead atoms. The molecule has 0 unspecified atom stereocenters. The van der Waals surface area contributed by atoms with Crippen molar-refractivity contribution in [2.45, 2.75) is 6.92 Å². The first kappa shape index (κ1) is 13.1. The summed E-state index contributed by atoms with van der Waals surface area (Å²) in [7, 11) is 4.77. The van der Waals surface area contributed by atoms with Crippen molar-refractivity contribution in [2.75, 3.05) is 21.3 Å². The summed E-state index contributed by atoms with van der Waals surface area (Å²) in [5.41, 5.74) is 1.90. The molecule has 0 saturated carbocycles. The van der Waals surface area contributed by atoms with Gasteiger partial charge < -0.3 is 14.2 Å². The van der Waals surface area contributed by atoms with Gasteiger partial charge in [-0.15, -0.1) is 0 Å². The summed E-state index contributed by atoms with van der Waals surface area (Å²) < 4.78 is 15.5. The first-order chi connectivity index (χ1) is 9.17. The highest BCUT2D eigenvalue weighted by molar-refractivity contribution is 5.59. The minimum atomic E-state index is 0.468. The summed E-state index contributed by atoms with van der Waals surface area (Å²) in [4.78, 5) is 8.63. The van der Waals surface area contributed by atoms with E-state index in [0.717, 1.165) is 16.9 Å². The molecule has 0 radical (unpaired) electrons. The predicted octanol–water partition coefficient (Wildman–Crippen LogP) is 2.48. The van der Waals surface area contributed by atoms with Crippen LogP contribution in [-0.4, -0.2) is 31.3 Å². The van der Waals surface area contributed by atoms with Crippen LogP contribution in [0.25, 0.3) is 11.4 Å². The molecule has 1 aromatic carbocycles. The van der Waals surface area contributed by atoms with E-state index in [2.05, 4.69) is 9.97 Å². The Morgan fingerprint density at radius 3 is 1.95 bits per heavy atom. The van der Waals surface area contributed by atoms with Crippen LogP contribution in [0.5, 0.6) is 17.5 Å². The Morgan fingerprint density at radius 2 is 1.47 bits per heavy atom. The summed E-state index contributed by atoms with van der Waals surface area (Å²) in [5, 5.41) is 0. The summed E-state index contributed by atoms with van der Waals surface area (Å²) in [6, 6.07) is 7.40. The number of ether oxygens (including phenoxy) is 3. The van der Waals surface area contributed by atoms with Crippen molar-refractivity contribution in [1.29, 1.82) is 0 Å². The Labute approximate surface area is 112 Å². The number of methoxy groups -OCH3 is 3. The van der Waals surface area contributed by atoms with Gasteiger partial charge in [0.15, 0.2) is 5.82 Å². The quantitative estimate of drug-likeness (QED) is 0.845. The Bertz CT molecular complexity index is 563. The van der Waals surface area contributed by atoms with Crippen LogP contribution in [0.1, 0.15) is 5.56 Å². The molecule has 0 aliphatic rings. The lowest BCUT2D eigenvalue weighted by atomic mass is 10.1. The van der Waals surface area contributed by atoms with E-state index < -0.39 is 0 Å². The number of aromatic nitrogens is 2. The Morgan fingerprint density at radius 1 is 0.842 bits per heavy atom. The number of rotatable bonds is 4. The highest BCUT2D eigenvalue weighted by Gasteiger charge is 2.09. The maximum atomic E-state index is 5.24. The molecule has 100 valence electrons. The molecular formula is C14H16N2O3.